The summed E-state index contributed by atoms with van der Waals surface area (Å²) < 4.78 is 0. The van der Waals surface area contributed by atoms with Crippen molar-refractivity contribution in [1.82, 2.24) is 16.0 Å². The van der Waals surface area contributed by atoms with Crippen LogP contribution in [0.1, 0.15) is 32.3 Å². The van der Waals surface area contributed by atoms with E-state index in [0.717, 1.165) is 0 Å². The van der Waals surface area contributed by atoms with E-state index < -0.39 is 53.8 Å². The molecule has 0 bridgehead atoms. The number of phenols is 1. The fourth-order valence-corrected chi connectivity index (χ4v) is 2.59. The predicted molar refractivity (Wildman–Crippen MR) is 113 cm³/mol. The molecule has 0 saturated heterocycles. The molecule has 32 heavy (non-hydrogen) atoms. The van der Waals surface area contributed by atoms with Gasteiger partial charge in [0.25, 0.3) is 0 Å². The summed E-state index contributed by atoms with van der Waals surface area (Å²) in [5.41, 5.74) is 11.7. The fourth-order valence-electron chi connectivity index (χ4n) is 2.59. The SMILES string of the molecule is CC(NC(=O)C(C)NC(=O)C(CCC(N)=O)NC(=O)C(N)Cc1ccc(O)cc1)C(=O)O. The summed E-state index contributed by atoms with van der Waals surface area (Å²) in [5, 5.41) is 25.2. The number of aromatic hydroxyl groups is 1. The second-order valence-electron chi connectivity index (χ2n) is 7.34. The van der Waals surface area contributed by atoms with Gasteiger partial charge in [0.05, 0.1) is 6.04 Å². The molecule has 0 aliphatic carbocycles. The summed E-state index contributed by atoms with van der Waals surface area (Å²) in [4.78, 5) is 59.1. The van der Waals surface area contributed by atoms with Crippen molar-refractivity contribution in [2.75, 3.05) is 0 Å². The Labute approximate surface area is 184 Å². The number of primary amides is 1. The summed E-state index contributed by atoms with van der Waals surface area (Å²) in [6.07, 6.45) is -0.205. The maximum atomic E-state index is 12.6. The molecule has 0 saturated carbocycles. The van der Waals surface area contributed by atoms with E-state index in [2.05, 4.69) is 16.0 Å². The molecule has 4 atom stereocenters. The Bertz CT molecular complexity index is 843. The van der Waals surface area contributed by atoms with E-state index in [-0.39, 0.29) is 25.0 Å². The topological polar surface area (TPSA) is 214 Å². The number of rotatable bonds is 12. The van der Waals surface area contributed by atoms with Crippen molar-refractivity contribution < 1.29 is 34.2 Å². The molecule has 0 fully saturated rings. The number of phenolic OH excluding ortho intramolecular Hbond substituents is 1. The normalized spacial score (nSPS) is 14.3. The van der Waals surface area contributed by atoms with Gasteiger partial charge in [-0.25, -0.2) is 0 Å². The number of carbonyl (C=O) groups excluding carboxylic acids is 4. The van der Waals surface area contributed by atoms with Gasteiger partial charge in [0.2, 0.25) is 23.6 Å². The molecule has 0 heterocycles. The Balaban J connectivity index is 2.78. The largest absolute Gasteiger partial charge is 0.508 e. The van der Waals surface area contributed by atoms with Gasteiger partial charge >= 0.3 is 5.97 Å². The molecule has 0 aliphatic rings. The van der Waals surface area contributed by atoms with Crippen molar-refractivity contribution >= 4 is 29.6 Å². The van der Waals surface area contributed by atoms with Gasteiger partial charge < -0.3 is 37.6 Å². The van der Waals surface area contributed by atoms with Gasteiger partial charge in [-0.3, -0.25) is 24.0 Å². The van der Waals surface area contributed by atoms with Gasteiger partial charge in [0.15, 0.2) is 0 Å². The third kappa shape index (κ3) is 9.00. The first-order valence-corrected chi connectivity index (χ1v) is 9.86. The quantitative estimate of drug-likeness (QED) is 0.190. The van der Waals surface area contributed by atoms with Gasteiger partial charge in [-0.2, -0.15) is 0 Å². The van der Waals surface area contributed by atoms with E-state index in [0.29, 0.717) is 5.56 Å². The van der Waals surface area contributed by atoms with Crippen LogP contribution in [0.3, 0.4) is 0 Å². The summed E-state index contributed by atoms with van der Waals surface area (Å²) in [6, 6.07) is 1.58. The summed E-state index contributed by atoms with van der Waals surface area (Å²) in [6.45, 7) is 2.60. The van der Waals surface area contributed by atoms with Crippen LogP contribution in [0.5, 0.6) is 5.75 Å². The number of carboxylic acids is 1. The van der Waals surface area contributed by atoms with E-state index in [1.54, 1.807) is 12.1 Å². The van der Waals surface area contributed by atoms with Gasteiger partial charge in [-0.1, -0.05) is 12.1 Å². The second kappa shape index (κ2) is 12.2. The first kappa shape index (κ1) is 26.4. The molecule has 12 heteroatoms. The Kier molecular flexibility index (Phi) is 10.1. The summed E-state index contributed by atoms with van der Waals surface area (Å²) in [5.74, 6) is -4.04. The molecule has 4 amide bonds. The lowest BCUT2D eigenvalue weighted by atomic mass is 10.0. The van der Waals surface area contributed by atoms with Crippen LogP contribution in [-0.4, -0.2) is 64.0 Å². The highest BCUT2D eigenvalue weighted by Gasteiger charge is 2.27. The van der Waals surface area contributed by atoms with Crippen LogP contribution in [0.2, 0.25) is 0 Å². The fraction of sp³-hybridized carbons (Fsp3) is 0.450. The maximum absolute atomic E-state index is 12.6. The van der Waals surface area contributed by atoms with Crippen molar-refractivity contribution in [3.05, 3.63) is 29.8 Å². The van der Waals surface area contributed by atoms with Crippen LogP contribution >= 0.6 is 0 Å². The van der Waals surface area contributed by atoms with E-state index in [1.807, 2.05) is 0 Å². The van der Waals surface area contributed by atoms with Crippen LogP contribution < -0.4 is 27.4 Å². The van der Waals surface area contributed by atoms with Crippen molar-refractivity contribution in [3.8, 4) is 5.75 Å². The first-order valence-electron chi connectivity index (χ1n) is 9.86. The number of aliphatic carboxylic acids is 1. The number of carboxylic acid groups (broad SMARTS) is 1. The molecule has 1 aromatic rings. The maximum Gasteiger partial charge on any atom is 0.325 e. The van der Waals surface area contributed by atoms with Gasteiger partial charge in [0.1, 0.15) is 23.9 Å². The van der Waals surface area contributed by atoms with Crippen molar-refractivity contribution in [2.24, 2.45) is 11.5 Å². The molecule has 1 aromatic carbocycles. The molecule has 1 rings (SSSR count). The van der Waals surface area contributed by atoms with Crippen LogP contribution in [0.4, 0.5) is 0 Å². The average molecular weight is 451 g/mol. The summed E-state index contributed by atoms with van der Waals surface area (Å²) in [7, 11) is 0. The highest BCUT2D eigenvalue weighted by atomic mass is 16.4. The van der Waals surface area contributed by atoms with Crippen LogP contribution in [0.25, 0.3) is 0 Å². The Morgan fingerprint density at radius 2 is 1.47 bits per heavy atom. The third-order valence-electron chi connectivity index (χ3n) is 4.52. The molecule has 0 aliphatic heterocycles. The number of hydrogen-bond donors (Lipinski definition) is 7. The van der Waals surface area contributed by atoms with Crippen molar-refractivity contribution in [2.45, 2.75) is 57.3 Å². The van der Waals surface area contributed by atoms with E-state index in [4.69, 9.17) is 16.6 Å². The number of nitrogens with one attached hydrogen (secondary N) is 3. The third-order valence-corrected chi connectivity index (χ3v) is 4.52. The van der Waals surface area contributed by atoms with Gasteiger partial charge in [0, 0.05) is 6.42 Å². The number of carbonyl (C=O) groups is 5. The molecule has 12 nitrogen and oxygen atoms in total. The number of amides is 4. The lowest BCUT2D eigenvalue weighted by Crippen LogP contribution is -2.56. The van der Waals surface area contributed by atoms with E-state index in [1.165, 1.54) is 26.0 Å². The Hall–Kier alpha value is -3.67. The van der Waals surface area contributed by atoms with Crippen LogP contribution in [0.15, 0.2) is 24.3 Å². The average Bonchev–Trinajstić information content (AvgIpc) is 2.71. The first-order chi connectivity index (χ1) is 14.9. The molecule has 176 valence electrons. The number of nitrogens with two attached hydrogens (primary N) is 2. The minimum Gasteiger partial charge on any atom is -0.508 e. The molecular formula is C20H29N5O7. The standard InChI is InChI=1S/C20H29N5O7/c1-10(17(28)24-11(2)20(31)32)23-19(30)15(7-8-16(22)27)25-18(29)14(21)9-12-3-5-13(26)6-4-12/h3-6,10-11,14-15,26H,7-9,21H2,1-2H3,(H2,22,27)(H,23,30)(H,24,28)(H,25,29)(H,31,32). The molecule has 4 unspecified atom stereocenters. The van der Waals surface area contributed by atoms with Gasteiger partial charge in [-0.05, 0) is 44.4 Å². The number of hydrogen-bond acceptors (Lipinski definition) is 7. The zero-order chi connectivity index (χ0) is 24.4. The Morgan fingerprint density at radius 3 is 2.00 bits per heavy atom. The summed E-state index contributed by atoms with van der Waals surface area (Å²) >= 11 is 0. The molecule has 0 aromatic heterocycles. The highest BCUT2D eigenvalue weighted by molar-refractivity contribution is 5.94. The minimum atomic E-state index is -1.24. The van der Waals surface area contributed by atoms with Crippen LogP contribution in [-0.2, 0) is 30.4 Å². The molecule has 0 spiro atoms. The molecule has 0 radical (unpaired) electrons. The predicted octanol–water partition coefficient (Wildman–Crippen LogP) is -1.89. The lowest BCUT2D eigenvalue weighted by Gasteiger charge is -2.23. The zero-order valence-electron chi connectivity index (χ0n) is 17.8. The minimum absolute atomic E-state index is 0.0610. The zero-order valence-corrected chi connectivity index (χ0v) is 17.8. The lowest BCUT2D eigenvalue weighted by molar-refractivity contribution is -0.141. The van der Waals surface area contributed by atoms with Crippen molar-refractivity contribution in [3.63, 3.8) is 0 Å². The van der Waals surface area contributed by atoms with Crippen LogP contribution in [0, 0.1) is 0 Å². The smallest absolute Gasteiger partial charge is 0.325 e. The Morgan fingerprint density at radius 1 is 0.906 bits per heavy atom. The van der Waals surface area contributed by atoms with Crippen molar-refractivity contribution in [1.29, 1.82) is 0 Å². The highest BCUT2D eigenvalue weighted by Crippen LogP contribution is 2.11. The van der Waals surface area contributed by atoms with E-state index >= 15 is 0 Å². The van der Waals surface area contributed by atoms with E-state index in [9.17, 15) is 29.1 Å². The second-order valence-corrected chi connectivity index (χ2v) is 7.34. The van der Waals surface area contributed by atoms with Gasteiger partial charge in [-0.15, -0.1) is 0 Å². The number of benzene rings is 1. The molecule has 9 N–H and O–H groups in total. The monoisotopic (exact) mass is 451 g/mol. The molecular weight excluding hydrogens is 422 g/mol.